The molecule has 30 heavy (non-hydrogen) atoms. The number of benzene rings is 2. The molecule has 2 aromatic carbocycles. The van der Waals surface area contributed by atoms with Crippen LogP contribution in [0.4, 0.5) is 0 Å². The highest BCUT2D eigenvalue weighted by Gasteiger charge is 2.13. The molecule has 0 aliphatic heterocycles. The molecule has 1 aromatic heterocycles. The highest BCUT2D eigenvalue weighted by atomic mass is 16.5. The van der Waals surface area contributed by atoms with Crippen LogP contribution >= 0.6 is 0 Å². The Morgan fingerprint density at radius 1 is 0.933 bits per heavy atom. The molecule has 0 saturated carbocycles. The highest BCUT2D eigenvalue weighted by Crippen LogP contribution is 2.19. The standard InChI is InChI=1S/C25H33N3O2/c1-5-29-23-12-14-24(15-13-23)30-17-9-16-27(4)19-25-20(2)26-28(21(25)3)18-22-10-7-6-8-11-22/h6-8,10-15H,5,9,16-19H2,1-4H3. The first-order valence-corrected chi connectivity index (χ1v) is 10.7. The molecule has 0 unspecified atom stereocenters. The Balaban J connectivity index is 1.46. The Bertz CT molecular complexity index is 904. The number of hydrogen-bond donors (Lipinski definition) is 0. The lowest BCUT2D eigenvalue weighted by atomic mass is 10.1. The van der Waals surface area contributed by atoms with E-state index < -0.39 is 0 Å². The summed E-state index contributed by atoms with van der Waals surface area (Å²) in [6.07, 6.45) is 0.972. The van der Waals surface area contributed by atoms with Gasteiger partial charge in [-0.25, -0.2) is 0 Å². The van der Waals surface area contributed by atoms with Gasteiger partial charge in [-0.1, -0.05) is 30.3 Å². The van der Waals surface area contributed by atoms with Gasteiger partial charge in [0.1, 0.15) is 11.5 Å². The third-order valence-electron chi connectivity index (χ3n) is 5.22. The zero-order valence-corrected chi connectivity index (χ0v) is 18.6. The van der Waals surface area contributed by atoms with Crippen molar-refractivity contribution in [2.24, 2.45) is 0 Å². The van der Waals surface area contributed by atoms with Crippen molar-refractivity contribution < 1.29 is 9.47 Å². The van der Waals surface area contributed by atoms with E-state index in [4.69, 9.17) is 14.6 Å². The predicted molar refractivity (Wildman–Crippen MR) is 121 cm³/mol. The summed E-state index contributed by atoms with van der Waals surface area (Å²) in [5.41, 5.74) is 4.95. The molecular weight excluding hydrogens is 374 g/mol. The largest absolute Gasteiger partial charge is 0.494 e. The fraction of sp³-hybridized carbons (Fsp3) is 0.400. The second-order valence-electron chi connectivity index (χ2n) is 7.64. The van der Waals surface area contributed by atoms with Crippen LogP contribution < -0.4 is 9.47 Å². The fourth-order valence-electron chi connectivity index (χ4n) is 3.55. The van der Waals surface area contributed by atoms with Crippen LogP contribution in [-0.2, 0) is 13.1 Å². The van der Waals surface area contributed by atoms with Crippen molar-refractivity contribution in [2.45, 2.75) is 40.3 Å². The molecule has 3 rings (SSSR count). The van der Waals surface area contributed by atoms with Gasteiger partial charge < -0.3 is 14.4 Å². The van der Waals surface area contributed by atoms with Gasteiger partial charge in [0.25, 0.3) is 0 Å². The minimum absolute atomic E-state index is 0.677. The lowest BCUT2D eigenvalue weighted by Crippen LogP contribution is -2.21. The maximum Gasteiger partial charge on any atom is 0.119 e. The summed E-state index contributed by atoms with van der Waals surface area (Å²) in [4.78, 5) is 2.34. The number of ether oxygens (including phenoxy) is 2. The van der Waals surface area contributed by atoms with Crippen molar-refractivity contribution >= 4 is 0 Å². The minimum atomic E-state index is 0.677. The van der Waals surface area contributed by atoms with E-state index in [0.29, 0.717) is 13.2 Å². The van der Waals surface area contributed by atoms with Crippen molar-refractivity contribution in [3.05, 3.63) is 77.1 Å². The first-order chi connectivity index (χ1) is 14.6. The van der Waals surface area contributed by atoms with Crippen LogP contribution in [0.2, 0.25) is 0 Å². The molecule has 0 bridgehead atoms. The third kappa shape index (κ3) is 6.10. The average Bonchev–Trinajstić information content (AvgIpc) is 3.00. The maximum absolute atomic E-state index is 5.86. The molecule has 0 atom stereocenters. The zero-order chi connectivity index (χ0) is 21.3. The van der Waals surface area contributed by atoms with Gasteiger partial charge in [-0.15, -0.1) is 0 Å². The van der Waals surface area contributed by atoms with Gasteiger partial charge in [0, 0.05) is 24.3 Å². The Morgan fingerprint density at radius 3 is 2.27 bits per heavy atom. The van der Waals surface area contributed by atoms with Gasteiger partial charge in [0.2, 0.25) is 0 Å². The van der Waals surface area contributed by atoms with Gasteiger partial charge in [0.05, 0.1) is 25.5 Å². The van der Waals surface area contributed by atoms with E-state index in [1.165, 1.54) is 16.8 Å². The van der Waals surface area contributed by atoms with Crippen molar-refractivity contribution in [1.82, 2.24) is 14.7 Å². The molecule has 0 radical (unpaired) electrons. The van der Waals surface area contributed by atoms with E-state index in [9.17, 15) is 0 Å². The average molecular weight is 408 g/mol. The summed E-state index contributed by atoms with van der Waals surface area (Å²) in [5.74, 6) is 1.76. The smallest absolute Gasteiger partial charge is 0.119 e. The molecule has 0 aliphatic carbocycles. The molecule has 0 amide bonds. The van der Waals surface area contributed by atoms with E-state index in [1.54, 1.807) is 0 Å². The second-order valence-corrected chi connectivity index (χ2v) is 7.64. The SMILES string of the molecule is CCOc1ccc(OCCCN(C)Cc2c(C)nn(Cc3ccccc3)c2C)cc1. The van der Waals surface area contributed by atoms with E-state index in [-0.39, 0.29) is 0 Å². The molecule has 160 valence electrons. The molecule has 0 aliphatic rings. The Kier molecular flexibility index (Phi) is 7.91. The zero-order valence-electron chi connectivity index (χ0n) is 18.6. The van der Waals surface area contributed by atoms with Crippen LogP contribution in [0.5, 0.6) is 11.5 Å². The maximum atomic E-state index is 5.86. The molecular formula is C25H33N3O2. The Morgan fingerprint density at radius 2 is 1.60 bits per heavy atom. The molecule has 0 N–H and O–H groups in total. The van der Waals surface area contributed by atoms with Gasteiger partial charge in [-0.05, 0) is 64.1 Å². The normalized spacial score (nSPS) is 11.1. The Labute approximate surface area is 180 Å². The van der Waals surface area contributed by atoms with Crippen LogP contribution in [0.15, 0.2) is 54.6 Å². The van der Waals surface area contributed by atoms with Crippen molar-refractivity contribution in [3.8, 4) is 11.5 Å². The van der Waals surface area contributed by atoms with E-state index in [2.05, 4.69) is 54.7 Å². The summed E-state index contributed by atoms with van der Waals surface area (Å²) >= 11 is 0. The molecule has 5 heteroatoms. The first kappa shape index (κ1) is 21.9. The summed E-state index contributed by atoms with van der Waals surface area (Å²) in [5, 5.41) is 4.77. The molecule has 0 fully saturated rings. The topological polar surface area (TPSA) is 39.5 Å². The van der Waals surface area contributed by atoms with Crippen LogP contribution in [-0.4, -0.2) is 41.5 Å². The van der Waals surface area contributed by atoms with Crippen LogP contribution in [0, 0.1) is 13.8 Å². The minimum Gasteiger partial charge on any atom is -0.494 e. The van der Waals surface area contributed by atoms with Crippen molar-refractivity contribution in [3.63, 3.8) is 0 Å². The van der Waals surface area contributed by atoms with Gasteiger partial charge >= 0.3 is 0 Å². The number of aryl methyl sites for hydroxylation is 1. The number of hydrogen-bond acceptors (Lipinski definition) is 4. The van der Waals surface area contributed by atoms with Crippen LogP contribution in [0.1, 0.15) is 35.9 Å². The van der Waals surface area contributed by atoms with Gasteiger partial charge in [-0.2, -0.15) is 5.10 Å². The quantitative estimate of drug-likeness (QED) is 0.426. The lowest BCUT2D eigenvalue weighted by Gasteiger charge is -2.17. The summed E-state index contributed by atoms with van der Waals surface area (Å²) < 4.78 is 13.4. The van der Waals surface area contributed by atoms with Crippen LogP contribution in [0.25, 0.3) is 0 Å². The molecule has 0 spiro atoms. The van der Waals surface area contributed by atoms with Gasteiger partial charge in [0.15, 0.2) is 0 Å². The highest BCUT2D eigenvalue weighted by molar-refractivity contribution is 5.31. The summed E-state index contributed by atoms with van der Waals surface area (Å²) in [6.45, 7) is 10.3. The summed E-state index contributed by atoms with van der Waals surface area (Å²) in [7, 11) is 2.16. The fourth-order valence-corrected chi connectivity index (χ4v) is 3.55. The third-order valence-corrected chi connectivity index (χ3v) is 5.22. The van der Waals surface area contributed by atoms with Crippen molar-refractivity contribution in [1.29, 1.82) is 0 Å². The number of nitrogens with zero attached hydrogens (tertiary/aromatic N) is 3. The van der Waals surface area contributed by atoms with Gasteiger partial charge in [-0.3, -0.25) is 4.68 Å². The van der Waals surface area contributed by atoms with Crippen molar-refractivity contribution in [2.75, 3.05) is 26.8 Å². The molecule has 5 nitrogen and oxygen atoms in total. The predicted octanol–water partition coefficient (Wildman–Crippen LogP) is 4.85. The molecule has 3 aromatic rings. The first-order valence-electron chi connectivity index (χ1n) is 10.7. The monoisotopic (exact) mass is 407 g/mol. The lowest BCUT2D eigenvalue weighted by molar-refractivity contribution is 0.258. The molecule has 0 saturated heterocycles. The number of aromatic nitrogens is 2. The number of rotatable bonds is 11. The van der Waals surface area contributed by atoms with E-state index in [1.807, 2.05) is 37.3 Å². The summed E-state index contributed by atoms with van der Waals surface area (Å²) in [6, 6.07) is 18.3. The molecule has 1 heterocycles. The van der Waals surface area contributed by atoms with E-state index in [0.717, 1.165) is 43.2 Å². The second kappa shape index (κ2) is 10.8. The van der Waals surface area contributed by atoms with Crippen LogP contribution in [0.3, 0.4) is 0 Å². The van der Waals surface area contributed by atoms with E-state index >= 15 is 0 Å². The Hall–Kier alpha value is -2.79.